The maximum Gasteiger partial charge on any atom is 0.239 e. The number of aryl methyl sites for hydroxylation is 1. The zero-order valence-corrected chi connectivity index (χ0v) is 12.4. The first-order chi connectivity index (χ1) is 10.6. The molecule has 0 unspecified atom stereocenters. The summed E-state index contributed by atoms with van der Waals surface area (Å²) in [7, 11) is 0. The highest BCUT2D eigenvalue weighted by Crippen LogP contribution is 2.28. The highest BCUT2D eigenvalue weighted by Gasteiger charge is 2.30. The highest BCUT2D eigenvalue weighted by molar-refractivity contribution is 5.91. The second-order valence-corrected chi connectivity index (χ2v) is 5.60. The lowest BCUT2D eigenvalue weighted by Gasteiger charge is -2.21. The Hall–Kier alpha value is -2.21. The molecule has 1 aromatic heterocycles. The van der Waals surface area contributed by atoms with Crippen LogP contribution < -0.4 is 5.32 Å². The van der Waals surface area contributed by atoms with Gasteiger partial charge < -0.3 is 9.84 Å². The molecule has 1 saturated carbocycles. The van der Waals surface area contributed by atoms with Crippen LogP contribution >= 0.6 is 0 Å². The van der Waals surface area contributed by atoms with Crippen LogP contribution in [0.2, 0.25) is 0 Å². The van der Waals surface area contributed by atoms with Crippen LogP contribution in [0.3, 0.4) is 0 Å². The monoisotopic (exact) mass is 303 g/mol. The van der Waals surface area contributed by atoms with E-state index >= 15 is 0 Å². The highest BCUT2D eigenvalue weighted by atomic mass is 19.1. The largest absolute Gasteiger partial charge is 0.360 e. The minimum absolute atomic E-state index is 0.170. The van der Waals surface area contributed by atoms with Gasteiger partial charge in [0.15, 0.2) is 5.82 Å². The molecule has 0 saturated heterocycles. The second-order valence-electron chi connectivity index (χ2n) is 5.60. The number of amides is 1. The summed E-state index contributed by atoms with van der Waals surface area (Å²) in [6, 6.07) is 8.68. The first-order valence-electron chi connectivity index (χ1n) is 7.32. The molecule has 1 N–H and O–H groups in total. The van der Waals surface area contributed by atoms with Crippen LogP contribution in [0.15, 0.2) is 34.9 Å². The number of halogens is 1. The fraction of sp³-hybridized carbons (Fsp3) is 0.375. The van der Waals surface area contributed by atoms with Gasteiger partial charge in [-0.1, -0.05) is 23.4 Å². The van der Waals surface area contributed by atoms with E-state index < -0.39 is 0 Å². The Balaban J connectivity index is 1.62. The van der Waals surface area contributed by atoms with E-state index in [1.54, 1.807) is 25.1 Å². The minimum Gasteiger partial charge on any atom is -0.360 e. The summed E-state index contributed by atoms with van der Waals surface area (Å²) in [6.07, 6.45) is 2.09. The number of hydrogen-bond acceptors (Lipinski definition) is 4. The molecule has 1 aliphatic carbocycles. The number of benzene rings is 1. The molecule has 0 aliphatic heterocycles. The number of carbonyl (C=O) groups excluding carboxylic acids is 1. The maximum atomic E-state index is 13.8. The van der Waals surface area contributed by atoms with Crippen molar-refractivity contribution in [3.63, 3.8) is 0 Å². The Kier molecular flexibility index (Phi) is 4.20. The van der Waals surface area contributed by atoms with Crippen molar-refractivity contribution < 1.29 is 13.7 Å². The third-order valence-electron chi connectivity index (χ3n) is 3.64. The third kappa shape index (κ3) is 3.71. The van der Waals surface area contributed by atoms with Crippen LogP contribution in [0.1, 0.15) is 24.2 Å². The van der Waals surface area contributed by atoms with E-state index in [-0.39, 0.29) is 18.3 Å². The molecule has 0 bridgehead atoms. The first-order valence-corrected chi connectivity index (χ1v) is 7.32. The van der Waals surface area contributed by atoms with E-state index in [2.05, 4.69) is 10.5 Å². The molecule has 22 heavy (non-hydrogen) atoms. The number of rotatable bonds is 6. The molecule has 1 aliphatic rings. The summed E-state index contributed by atoms with van der Waals surface area (Å²) >= 11 is 0. The molecule has 0 spiro atoms. The molecule has 1 amide bonds. The van der Waals surface area contributed by atoms with Crippen LogP contribution in [0, 0.1) is 12.7 Å². The fourth-order valence-electron chi connectivity index (χ4n) is 2.39. The minimum atomic E-state index is -0.235. The van der Waals surface area contributed by atoms with Gasteiger partial charge in [-0.25, -0.2) is 4.39 Å². The molecule has 116 valence electrons. The molecule has 5 nitrogen and oxygen atoms in total. The lowest BCUT2D eigenvalue weighted by atomic mass is 10.2. The number of hydrogen-bond donors (Lipinski definition) is 1. The van der Waals surface area contributed by atoms with Crippen molar-refractivity contribution in [2.24, 2.45) is 0 Å². The topological polar surface area (TPSA) is 58.4 Å². The Morgan fingerprint density at radius 3 is 2.86 bits per heavy atom. The van der Waals surface area contributed by atoms with Crippen LogP contribution in [0.4, 0.5) is 10.2 Å². The smallest absolute Gasteiger partial charge is 0.239 e. The van der Waals surface area contributed by atoms with Gasteiger partial charge in [-0.05, 0) is 25.8 Å². The van der Waals surface area contributed by atoms with E-state index in [4.69, 9.17) is 4.52 Å². The predicted molar refractivity (Wildman–Crippen MR) is 79.7 cm³/mol. The maximum absolute atomic E-state index is 13.8. The summed E-state index contributed by atoms with van der Waals surface area (Å²) in [6.45, 7) is 2.41. The van der Waals surface area contributed by atoms with Gasteiger partial charge in [0.2, 0.25) is 5.91 Å². The average Bonchev–Trinajstić information content (AvgIpc) is 3.24. The lowest BCUT2D eigenvalue weighted by molar-refractivity contribution is -0.117. The van der Waals surface area contributed by atoms with Crippen LogP contribution in [-0.2, 0) is 11.3 Å². The summed E-state index contributed by atoms with van der Waals surface area (Å²) in [5.74, 6) is 0.641. The van der Waals surface area contributed by atoms with Crippen molar-refractivity contribution in [2.45, 2.75) is 32.4 Å². The van der Waals surface area contributed by atoms with Crippen molar-refractivity contribution in [1.82, 2.24) is 10.1 Å². The Bertz CT molecular complexity index is 667. The van der Waals surface area contributed by atoms with Crippen molar-refractivity contribution in [2.75, 3.05) is 11.9 Å². The summed E-state index contributed by atoms with van der Waals surface area (Å²) < 4.78 is 18.7. The van der Waals surface area contributed by atoms with E-state index in [9.17, 15) is 9.18 Å². The molecule has 2 aromatic rings. The van der Waals surface area contributed by atoms with E-state index in [0.29, 0.717) is 29.7 Å². The van der Waals surface area contributed by atoms with Crippen LogP contribution in [-0.4, -0.2) is 28.6 Å². The normalized spacial score (nSPS) is 14.3. The molecule has 6 heteroatoms. The van der Waals surface area contributed by atoms with Crippen LogP contribution in [0.25, 0.3) is 0 Å². The van der Waals surface area contributed by atoms with Gasteiger partial charge in [-0.3, -0.25) is 9.69 Å². The summed E-state index contributed by atoms with van der Waals surface area (Å²) in [5.41, 5.74) is 0.611. The number of carbonyl (C=O) groups is 1. The zero-order valence-electron chi connectivity index (χ0n) is 12.4. The van der Waals surface area contributed by atoms with Gasteiger partial charge in [0, 0.05) is 24.2 Å². The standard InChI is InChI=1S/C16H18FN3O2/c1-11-8-15(19-22-11)18-16(21)10-20(13-6-7-13)9-12-4-2-3-5-14(12)17/h2-5,8,13H,6-7,9-10H2,1H3,(H,18,19,21). The molecular weight excluding hydrogens is 285 g/mol. The predicted octanol–water partition coefficient (Wildman–Crippen LogP) is 2.73. The van der Waals surface area contributed by atoms with E-state index in [1.165, 1.54) is 6.07 Å². The zero-order chi connectivity index (χ0) is 15.5. The molecular formula is C16H18FN3O2. The Morgan fingerprint density at radius 1 is 1.45 bits per heavy atom. The summed E-state index contributed by atoms with van der Waals surface area (Å²) in [4.78, 5) is 14.1. The van der Waals surface area contributed by atoms with Crippen LogP contribution in [0.5, 0.6) is 0 Å². The molecule has 1 heterocycles. The van der Waals surface area contributed by atoms with Gasteiger partial charge in [-0.2, -0.15) is 0 Å². The quantitative estimate of drug-likeness (QED) is 0.891. The van der Waals surface area contributed by atoms with Gasteiger partial charge in [0.25, 0.3) is 0 Å². The lowest BCUT2D eigenvalue weighted by Crippen LogP contribution is -2.34. The SMILES string of the molecule is Cc1cc(NC(=O)CN(Cc2ccccc2F)C2CC2)no1. The van der Waals surface area contributed by atoms with Crippen molar-refractivity contribution in [3.8, 4) is 0 Å². The first kappa shape index (κ1) is 14.7. The summed E-state index contributed by atoms with van der Waals surface area (Å²) in [5, 5.41) is 6.43. The Morgan fingerprint density at radius 2 is 2.23 bits per heavy atom. The average molecular weight is 303 g/mol. The second kappa shape index (κ2) is 6.27. The van der Waals surface area contributed by atoms with Gasteiger partial charge in [0.05, 0.1) is 6.54 Å². The van der Waals surface area contributed by atoms with Crippen molar-refractivity contribution >= 4 is 11.7 Å². The number of nitrogens with one attached hydrogen (secondary N) is 1. The molecule has 1 fully saturated rings. The Labute approximate surface area is 128 Å². The number of anilines is 1. The van der Waals surface area contributed by atoms with Crippen molar-refractivity contribution in [1.29, 1.82) is 0 Å². The fourth-order valence-corrected chi connectivity index (χ4v) is 2.39. The van der Waals surface area contributed by atoms with Gasteiger partial charge >= 0.3 is 0 Å². The van der Waals surface area contributed by atoms with Gasteiger partial charge in [0.1, 0.15) is 11.6 Å². The van der Waals surface area contributed by atoms with Gasteiger partial charge in [-0.15, -0.1) is 0 Å². The van der Waals surface area contributed by atoms with Crippen molar-refractivity contribution in [3.05, 3.63) is 47.5 Å². The number of aromatic nitrogens is 1. The molecule has 1 aromatic carbocycles. The third-order valence-corrected chi connectivity index (χ3v) is 3.64. The molecule has 0 atom stereocenters. The number of nitrogens with zero attached hydrogens (tertiary/aromatic N) is 2. The molecule has 0 radical (unpaired) electrons. The van der Waals surface area contributed by atoms with E-state index in [1.807, 2.05) is 11.0 Å². The van der Waals surface area contributed by atoms with E-state index in [0.717, 1.165) is 12.8 Å². The molecule has 3 rings (SSSR count).